The summed E-state index contributed by atoms with van der Waals surface area (Å²) in [5.74, 6) is -0.151. The van der Waals surface area contributed by atoms with Crippen LogP contribution in [0.25, 0.3) is 22.8 Å². The number of ketones is 1. The van der Waals surface area contributed by atoms with Gasteiger partial charge in [-0.1, -0.05) is 48.6 Å². The topological polar surface area (TPSA) is 86.7 Å². The molecule has 0 aliphatic heterocycles. The lowest BCUT2D eigenvalue weighted by Crippen LogP contribution is -2.27. The predicted molar refractivity (Wildman–Crippen MR) is 156 cm³/mol. The third-order valence-corrected chi connectivity index (χ3v) is 7.56. The minimum absolute atomic E-state index is 0.119. The smallest absolute Gasteiger partial charge is 0.165 e. The first-order valence-electron chi connectivity index (χ1n) is 12.3. The number of carbonyl (C=O) groups is 1. The second-order valence-electron chi connectivity index (χ2n) is 10.2. The van der Waals surface area contributed by atoms with E-state index in [1.165, 1.54) is 12.1 Å². The summed E-state index contributed by atoms with van der Waals surface area (Å²) in [7, 11) is 0. The molecule has 192 valence electrons. The Bertz CT molecular complexity index is 1560. The molecule has 1 aliphatic carbocycles. The molecule has 0 saturated carbocycles. The number of nitrogens with two attached hydrogens (primary N) is 1. The van der Waals surface area contributed by atoms with Gasteiger partial charge >= 0.3 is 0 Å². The summed E-state index contributed by atoms with van der Waals surface area (Å²) in [4.78, 5) is 26.2. The van der Waals surface area contributed by atoms with Crippen molar-refractivity contribution in [1.82, 2.24) is 19.5 Å². The number of alkyl halides is 1. The molecule has 8 heteroatoms. The van der Waals surface area contributed by atoms with Crippen LogP contribution in [0.2, 0.25) is 0 Å². The van der Waals surface area contributed by atoms with Crippen LogP contribution in [-0.2, 0) is 6.42 Å². The molecule has 0 bridgehead atoms. The molecule has 0 radical (unpaired) electrons. The molecule has 1 unspecified atom stereocenters. The summed E-state index contributed by atoms with van der Waals surface area (Å²) in [6, 6.07) is 14.0. The molecule has 6 nitrogen and oxygen atoms in total. The SMILES string of the molecule is CC1(C)CC(=O)c2ccc(-c3cn(C(/C=C(\N)c4cccnc4)=C/C(I)c4cccc(F)c4)cn3)nc2C1. The fourth-order valence-corrected chi connectivity index (χ4v) is 5.34. The van der Waals surface area contributed by atoms with Crippen LogP contribution in [0.3, 0.4) is 0 Å². The van der Waals surface area contributed by atoms with Crippen LogP contribution < -0.4 is 5.73 Å². The zero-order chi connectivity index (χ0) is 26.9. The number of hydrogen-bond acceptors (Lipinski definition) is 5. The van der Waals surface area contributed by atoms with Crippen LogP contribution in [0.4, 0.5) is 4.39 Å². The van der Waals surface area contributed by atoms with Gasteiger partial charge in [0.15, 0.2) is 5.78 Å². The fraction of sp³-hybridized carbons (Fsp3) is 0.200. The average molecular weight is 619 g/mol. The first-order valence-corrected chi connectivity index (χ1v) is 13.5. The lowest BCUT2D eigenvalue weighted by molar-refractivity contribution is 0.0910. The Morgan fingerprint density at radius 2 is 2.00 bits per heavy atom. The minimum atomic E-state index is -0.283. The van der Waals surface area contributed by atoms with Crippen molar-refractivity contribution in [2.75, 3.05) is 0 Å². The molecule has 1 atom stereocenters. The molecule has 5 rings (SSSR count). The number of aromatic nitrogens is 4. The molecule has 3 aromatic heterocycles. The molecule has 0 spiro atoms. The van der Waals surface area contributed by atoms with Gasteiger partial charge in [-0.2, -0.15) is 0 Å². The predicted octanol–water partition coefficient (Wildman–Crippen LogP) is 6.65. The van der Waals surface area contributed by atoms with Crippen LogP contribution in [0.15, 0.2) is 85.6 Å². The van der Waals surface area contributed by atoms with E-state index in [0.717, 1.165) is 28.9 Å². The van der Waals surface area contributed by atoms with E-state index in [2.05, 4.69) is 46.4 Å². The minimum Gasteiger partial charge on any atom is -0.398 e. The summed E-state index contributed by atoms with van der Waals surface area (Å²) in [5.41, 5.74) is 12.1. The first kappa shape index (κ1) is 26.0. The number of nitrogens with zero attached hydrogens (tertiary/aromatic N) is 4. The van der Waals surface area contributed by atoms with E-state index >= 15 is 0 Å². The summed E-state index contributed by atoms with van der Waals surface area (Å²) in [6.45, 7) is 4.18. The van der Waals surface area contributed by atoms with Crippen molar-refractivity contribution in [3.63, 3.8) is 0 Å². The highest BCUT2D eigenvalue weighted by molar-refractivity contribution is 14.1. The molecule has 1 aromatic carbocycles. The molecule has 1 aliphatic rings. The number of hydrogen-bond donors (Lipinski definition) is 1. The summed E-state index contributed by atoms with van der Waals surface area (Å²) in [6.07, 6.45) is 12.1. The third-order valence-electron chi connectivity index (χ3n) is 6.49. The summed E-state index contributed by atoms with van der Waals surface area (Å²) >= 11 is 2.27. The molecule has 3 heterocycles. The quantitative estimate of drug-likeness (QED) is 0.148. The van der Waals surface area contributed by atoms with Gasteiger partial charge in [-0.3, -0.25) is 14.8 Å². The Kier molecular flexibility index (Phi) is 7.25. The Morgan fingerprint density at radius 3 is 2.76 bits per heavy atom. The van der Waals surface area contributed by atoms with Crippen molar-refractivity contribution >= 4 is 39.8 Å². The fourth-order valence-electron chi connectivity index (χ4n) is 4.58. The Hall–Kier alpha value is -3.66. The maximum absolute atomic E-state index is 13.9. The highest BCUT2D eigenvalue weighted by Crippen LogP contribution is 2.35. The number of Topliss-reactive ketones (excluding diaryl/α,β-unsaturated/α-hetero) is 1. The van der Waals surface area contributed by atoms with E-state index in [1.54, 1.807) is 24.8 Å². The van der Waals surface area contributed by atoms with Crippen molar-refractivity contribution in [2.45, 2.75) is 30.6 Å². The number of fused-ring (bicyclic) bond motifs is 1. The van der Waals surface area contributed by atoms with Crippen molar-refractivity contribution in [1.29, 1.82) is 0 Å². The van der Waals surface area contributed by atoms with Gasteiger partial charge in [-0.05, 0) is 65.9 Å². The van der Waals surface area contributed by atoms with Crippen molar-refractivity contribution in [2.24, 2.45) is 11.1 Å². The number of halogens is 2. The highest BCUT2D eigenvalue weighted by Gasteiger charge is 2.32. The average Bonchev–Trinajstić information content (AvgIpc) is 3.38. The van der Waals surface area contributed by atoms with Gasteiger partial charge in [0.25, 0.3) is 0 Å². The zero-order valence-electron chi connectivity index (χ0n) is 21.1. The molecule has 0 amide bonds. The van der Waals surface area contributed by atoms with Crippen LogP contribution in [-0.4, -0.2) is 25.3 Å². The monoisotopic (exact) mass is 619 g/mol. The third kappa shape index (κ3) is 5.75. The van der Waals surface area contributed by atoms with E-state index < -0.39 is 0 Å². The summed E-state index contributed by atoms with van der Waals surface area (Å²) < 4.78 is 15.6. The molecule has 0 fully saturated rings. The standard InChI is InChI=1S/C30H27FIN5O/c1-30(2)14-27-23(29(38)15-30)8-9-26(36-27)28-17-37(18-35-28)22(13-25(33)20-6-4-10-34-16-20)12-24(32)19-5-3-7-21(31)11-19/h3-13,16-18,24H,14-15,33H2,1-2H3/b22-12+,25-13-. The molecular weight excluding hydrogens is 592 g/mol. The normalized spacial score (nSPS) is 16.3. The van der Waals surface area contributed by atoms with E-state index in [-0.39, 0.29) is 20.9 Å². The van der Waals surface area contributed by atoms with Crippen molar-refractivity contribution < 1.29 is 9.18 Å². The van der Waals surface area contributed by atoms with Gasteiger partial charge in [0.2, 0.25) is 0 Å². The lowest BCUT2D eigenvalue weighted by atomic mass is 9.75. The van der Waals surface area contributed by atoms with Gasteiger partial charge in [-0.25, -0.2) is 9.37 Å². The van der Waals surface area contributed by atoms with Gasteiger partial charge < -0.3 is 10.3 Å². The van der Waals surface area contributed by atoms with E-state index in [0.29, 0.717) is 29.1 Å². The molecule has 0 saturated heterocycles. The largest absolute Gasteiger partial charge is 0.398 e. The highest BCUT2D eigenvalue weighted by atomic mass is 127. The molecular formula is C30H27FIN5O. The number of rotatable bonds is 6. The second kappa shape index (κ2) is 10.6. The first-order chi connectivity index (χ1) is 18.2. The number of carbonyl (C=O) groups excluding carboxylic acids is 1. The van der Waals surface area contributed by atoms with Gasteiger partial charge in [0, 0.05) is 47.5 Å². The maximum atomic E-state index is 13.9. The van der Waals surface area contributed by atoms with Gasteiger partial charge in [-0.15, -0.1) is 0 Å². The lowest BCUT2D eigenvalue weighted by Gasteiger charge is -2.29. The van der Waals surface area contributed by atoms with Crippen LogP contribution in [0, 0.1) is 11.2 Å². The van der Waals surface area contributed by atoms with Gasteiger partial charge in [0.1, 0.15) is 11.5 Å². The van der Waals surface area contributed by atoms with Crippen LogP contribution in [0.5, 0.6) is 0 Å². The number of imidazole rings is 1. The van der Waals surface area contributed by atoms with Crippen molar-refractivity contribution in [3.8, 4) is 11.4 Å². The maximum Gasteiger partial charge on any atom is 0.165 e. The Morgan fingerprint density at radius 1 is 1.16 bits per heavy atom. The van der Waals surface area contributed by atoms with E-state index in [1.807, 2.05) is 53.2 Å². The molecule has 38 heavy (non-hydrogen) atoms. The number of benzene rings is 1. The van der Waals surface area contributed by atoms with Crippen LogP contribution in [0.1, 0.15) is 51.4 Å². The van der Waals surface area contributed by atoms with Gasteiger partial charge in [0.05, 0.1) is 21.6 Å². The molecule has 4 aromatic rings. The van der Waals surface area contributed by atoms with Crippen molar-refractivity contribution in [3.05, 3.63) is 114 Å². The Balaban J connectivity index is 1.53. The number of pyridine rings is 2. The molecule has 2 N–H and O–H groups in total. The number of allylic oxidation sites excluding steroid dienone is 3. The van der Waals surface area contributed by atoms with E-state index in [9.17, 15) is 9.18 Å². The zero-order valence-corrected chi connectivity index (χ0v) is 23.3. The Labute approximate surface area is 234 Å². The van der Waals surface area contributed by atoms with E-state index in [4.69, 9.17) is 10.7 Å². The van der Waals surface area contributed by atoms with Crippen LogP contribution >= 0.6 is 22.6 Å². The second-order valence-corrected chi connectivity index (χ2v) is 11.5. The summed E-state index contributed by atoms with van der Waals surface area (Å²) in [5, 5.41) is 0.